The topological polar surface area (TPSA) is 59.5 Å². The average Bonchev–Trinajstić information content (AvgIpc) is 3.34. The van der Waals surface area contributed by atoms with Crippen LogP contribution in [-0.2, 0) is 16.0 Å². The molecule has 1 aromatic heterocycles. The highest BCUT2D eigenvalue weighted by Gasteiger charge is 2.39. The van der Waals surface area contributed by atoms with E-state index in [0.717, 1.165) is 33.6 Å². The lowest BCUT2D eigenvalue weighted by molar-refractivity contribution is -0.142. The van der Waals surface area contributed by atoms with Crippen molar-refractivity contribution in [1.29, 1.82) is 0 Å². The van der Waals surface area contributed by atoms with Crippen LogP contribution in [0.1, 0.15) is 39.8 Å². The summed E-state index contributed by atoms with van der Waals surface area (Å²) in [6, 6.07) is 15.3. The van der Waals surface area contributed by atoms with E-state index in [2.05, 4.69) is 6.07 Å². The van der Waals surface area contributed by atoms with E-state index in [1.54, 1.807) is 17.4 Å². The molecule has 5 rings (SSSR count). The second-order valence-corrected chi connectivity index (χ2v) is 8.03. The maximum Gasteiger partial charge on any atom is 0.339 e. The van der Waals surface area contributed by atoms with Crippen LogP contribution in [0.25, 0.3) is 10.2 Å². The van der Waals surface area contributed by atoms with E-state index in [0.29, 0.717) is 18.5 Å². The van der Waals surface area contributed by atoms with Gasteiger partial charge in [0.2, 0.25) is 0 Å². The van der Waals surface area contributed by atoms with Crippen molar-refractivity contribution in [1.82, 2.24) is 9.88 Å². The van der Waals surface area contributed by atoms with Crippen molar-refractivity contribution in [2.24, 2.45) is 0 Å². The van der Waals surface area contributed by atoms with Crippen LogP contribution in [0.4, 0.5) is 0 Å². The molecule has 2 aliphatic rings. The first-order valence-electron chi connectivity index (χ1n) is 9.15. The van der Waals surface area contributed by atoms with Crippen LogP contribution < -0.4 is 0 Å². The number of amides is 1. The molecule has 0 saturated carbocycles. The molecule has 0 bridgehead atoms. The fraction of sp³-hybridized carbons (Fsp3) is 0.286. The van der Waals surface area contributed by atoms with Crippen LogP contribution in [0, 0.1) is 0 Å². The fourth-order valence-electron chi connectivity index (χ4n) is 3.97. The minimum absolute atomic E-state index is 0.0363. The lowest BCUT2D eigenvalue weighted by Gasteiger charge is -2.30. The molecule has 0 aliphatic carbocycles. The van der Waals surface area contributed by atoms with Crippen molar-refractivity contribution >= 4 is 33.4 Å². The molecule has 2 atom stereocenters. The van der Waals surface area contributed by atoms with Gasteiger partial charge in [-0.3, -0.25) is 4.79 Å². The number of hydrogen-bond donors (Lipinski definition) is 0. The van der Waals surface area contributed by atoms with Crippen molar-refractivity contribution in [3.8, 4) is 0 Å². The molecular formula is C21H18N2O3S. The van der Waals surface area contributed by atoms with Crippen molar-refractivity contribution in [3.63, 3.8) is 0 Å². The van der Waals surface area contributed by atoms with Crippen LogP contribution in [0.15, 0.2) is 48.5 Å². The average molecular weight is 378 g/mol. The van der Waals surface area contributed by atoms with E-state index in [1.165, 1.54) is 0 Å². The van der Waals surface area contributed by atoms with E-state index in [9.17, 15) is 9.59 Å². The minimum atomic E-state index is -0.748. The van der Waals surface area contributed by atoms with Gasteiger partial charge in [-0.2, -0.15) is 0 Å². The van der Waals surface area contributed by atoms with E-state index >= 15 is 0 Å². The number of fused-ring (bicyclic) bond motifs is 2. The Hall–Kier alpha value is -2.73. The number of carbonyl (C=O) groups is 2. The Labute approximate surface area is 160 Å². The molecule has 2 aliphatic heterocycles. The maximum atomic E-state index is 13.2. The number of ether oxygens (including phenoxy) is 1. The Kier molecular flexibility index (Phi) is 3.93. The Morgan fingerprint density at radius 3 is 2.85 bits per heavy atom. The molecule has 136 valence electrons. The molecule has 27 heavy (non-hydrogen) atoms. The second kappa shape index (κ2) is 6.46. The van der Waals surface area contributed by atoms with Gasteiger partial charge in [0.25, 0.3) is 5.91 Å². The van der Waals surface area contributed by atoms with Crippen LogP contribution in [0.5, 0.6) is 0 Å². The number of nitrogens with zero attached hydrogens (tertiary/aromatic N) is 2. The summed E-state index contributed by atoms with van der Waals surface area (Å²) in [6.45, 7) is 0.676. The highest BCUT2D eigenvalue weighted by Crippen LogP contribution is 2.37. The van der Waals surface area contributed by atoms with Crippen LogP contribution in [0.3, 0.4) is 0 Å². The molecule has 1 fully saturated rings. The lowest BCUT2D eigenvalue weighted by Crippen LogP contribution is -2.44. The molecule has 3 heterocycles. The van der Waals surface area contributed by atoms with Crippen LogP contribution in [0.2, 0.25) is 0 Å². The van der Waals surface area contributed by atoms with Gasteiger partial charge in [-0.25, -0.2) is 9.78 Å². The van der Waals surface area contributed by atoms with Gasteiger partial charge in [0.1, 0.15) is 5.01 Å². The molecule has 5 nitrogen and oxygen atoms in total. The third-order valence-corrected chi connectivity index (χ3v) is 6.44. The first-order chi connectivity index (χ1) is 13.2. The van der Waals surface area contributed by atoms with Crippen molar-refractivity contribution in [2.45, 2.75) is 31.4 Å². The first-order valence-corrected chi connectivity index (χ1v) is 9.97. The normalized spacial score (nSPS) is 21.9. The van der Waals surface area contributed by atoms with Crippen molar-refractivity contribution in [3.05, 3.63) is 64.7 Å². The zero-order chi connectivity index (χ0) is 18.4. The fourth-order valence-corrected chi connectivity index (χ4v) is 5.09. The van der Waals surface area contributed by atoms with Crippen molar-refractivity contribution in [2.75, 3.05) is 6.54 Å². The summed E-state index contributed by atoms with van der Waals surface area (Å²) in [4.78, 5) is 32.1. The molecule has 2 unspecified atom stereocenters. The Bertz CT molecular complexity index is 1010. The SMILES string of the molecule is O=C1OC(C(=O)N2CCCC2c2nc3ccccc3s2)Cc2ccccc21. The summed E-state index contributed by atoms with van der Waals surface area (Å²) in [7, 11) is 0. The Balaban J connectivity index is 1.42. The highest BCUT2D eigenvalue weighted by molar-refractivity contribution is 7.18. The molecule has 1 saturated heterocycles. The van der Waals surface area contributed by atoms with Crippen LogP contribution >= 0.6 is 11.3 Å². The Morgan fingerprint density at radius 1 is 1.15 bits per heavy atom. The number of rotatable bonds is 2. The van der Waals surface area contributed by atoms with Gasteiger partial charge in [-0.1, -0.05) is 30.3 Å². The van der Waals surface area contributed by atoms with Gasteiger partial charge in [-0.15, -0.1) is 11.3 Å². The molecule has 0 spiro atoms. The number of thiazole rings is 1. The van der Waals surface area contributed by atoms with Gasteiger partial charge in [-0.05, 0) is 36.6 Å². The number of likely N-dealkylation sites (tertiary alicyclic amines) is 1. The minimum Gasteiger partial charge on any atom is -0.448 e. The molecule has 6 heteroatoms. The van der Waals surface area contributed by atoms with Gasteiger partial charge < -0.3 is 9.64 Å². The third kappa shape index (κ3) is 2.80. The number of aromatic nitrogens is 1. The first kappa shape index (κ1) is 16.4. The van der Waals surface area contributed by atoms with Gasteiger partial charge >= 0.3 is 5.97 Å². The number of benzene rings is 2. The summed E-state index contributed by atoms with van der Waals surface area (Å²) in [6.07, 6.45) is 1.51. The standard InChI is InChI=1S/C21H18N2O3S/c24-20(17-12-13-6-1-2-7-14(13)21(25)26-17)23-11-5-9-16(23)19-22-15-8-3-4-10-18(15)27-19/h1-4,6-8,10,16-17H,5,9,11-12H2. The zero-order valence-electron chi connectivity index (χ0n) is 14.6. The predicted molar refractivity (Wildman–Crippen MR) is 103 cm³/mol. The third-order valence-electron chi connectivity index (χ3n) is 5.30. The molecule has 1 amide bonds. The monoisotopic (exact) mass is 378 g/mol. The molecule has 0 radical (unpaired) electrons. The summed E-state index contributed by atoms with van der Waals surface area (Å²) < 4.78 is 6.61. The van der Waals surface area contributed by atoms with E-state index in [1.807, 2.05) is 41.3 Å². The smallest absolute Gasteiger partial charge is 0.339 e. The van der Waals surface area contributed by atoms with E-state index < -0.39 is 12.1 Å². The largest absolute Gasteiger partial charge is 0.448 e. The maximum absolute atomic E-state index is 13.2. The number of cyclic esters (lactones) is 1. The highest BCUT2D eigenvalue weighted by atomic mass is 32.1. The number of carbonyl (C=O) groups excluding carboxylic acids is 2. The lowest BCUT2D eigenvalue weighted by atomic mass is 9.98. The summed E-state index contributed by atoms with van der Waals surface area (Å²) in [5.41, 5.74) is 2.41. The molecular weight excluding hydrogens is 360 g/mol. The van der Waals surface area contributed by atoms with Crippen LogP contribution in [-0.4, -0.2) is 34.4 Å². The van der Waals surface area contributed by atoms with E-state index in [-0.39, 0.29) is 11.9 Å². The van der Waals surface area contributed by atoms with Gasteiger partial charge in [0.15, 0.2) is 6.10 Å². The number of esters is 1. The van der Waals surface area contributed by atoms with E-state index in [4.69, 9.17) is 9.72 Å². The number of para-hydroxylation sites is 1. The molecule has 0 N–H and O–H groups in total. The summed E-state index contributed by atoms with van der Waals surface area (Å²) in [5.74, 6) is -0.523. The molecule has 2 aromatic carbocycles. The number of hydrogen-bond acceptors (Lipinski definition) is 5. The Morgan fingerprint density at radius 2 is 1.96 bits per heavy atom. The zero-order valence-corrected chi connectivity index (χ0v) is 15.4. The van der Waals surface area contributed by atoms with Crippen molar-refractivity contribution < 1.29 is 14.3 Å². The summed E-state index contributed by atoms with van der Waals surface area (Å²) >= 11 is 1.64. The second-order valence-electron chi connectivity index (χ2n) is 6.96. The summed E-state index contributed by atoms with van der Waals surface area (Å²) in [5, 5.41) is 0.963. The quantitative estimate of drug-likeness (QED) is 0.638. The predicted octanol–water partition coefficient (Wildman–Crippen LogP) is 3.74. The van der Waals surface area contributed by atoms with Gasteiger partial charge in [0, 0.05) is 13.0 Å². The van der Waals surface area contributed by atoms with Gasteiger partial charge in [0.05, 0.1) is 21.8 Å². The molecule has 3 aromatic rings.